The maximum Gasteiger partial charge on any atom is 0.335 e. The number of aryl methyl sites for hydroxylation is 1. The summed E-state index contributed by atoms with van der Waals surface area (Å²) in [5.41, 5.74) is -0.270. The fourth-order valence-electron chi connectivity index (χ4n) is 0.564. The fraction of sp³-hybridized carbons (Fsp3) is 0.143. The molecule has 1 aromatic rings. The van der Waals surface area contributed by atoms with Crippen LogP contribution in [0.2, 0.25) is 0 Å². The van der Waals surface area contributed by atoms with Crippen molar-refractivity contribution < 1.29 is 14.0 Å². The molecule has 1 aromatic heterocycles. The number of carboxylic acid groups (broad SMARTS) is 1. The lowest BCUT2D eigenvalue weighted by Gasteiger charge is -1.92. The van der Waals surface area contributed by atoms with Gasteiger partial charge >= 0.3 is 5.97 Å². The Morgan fingerprint density at radius 3 is 3.30 bits per heavy atom. The number of rotatable bonds is 1. The number of nitrogens with zero attached hydrogens (tertiary/aromatic N) is 1. The highest BCUT2D eigenvalue weighted by Gasteiger charge is 2.00. The Morgan fingerprint density at radius 1 is 1.90 bits per heavy atom. The standard InChI is InChI=1S/C7H7NO2/c1-5-4-6(7(9)10)2-3-8-5/h2-4H,1H3,(H,9,10)/i1D3. The van der Waals surface area contributed by atoms with E-state index in [0.29, 0.717) is 0 Å². The molecular weight excluding hydrogens is 130 g/mol. The summed E-state index contributed by atoms with van der Waals surface area (Å²) in [6.45, 7) is -2.36. The highest BCUT2D eigenvalue weighted by molar-refractivity contribution is 5.87. The summed E-state index contributed by atoms with van der Waals surface area (Å²) < 4.78 is 21.0. The maximum atomic E-state index is 10.5. The molecule has 0 aliphatic carbocycles. The second-order valence-electron chi connectivity index (χ2n) is 1.73. The molecule has 1 heterocycles. The van der Waals surface area contributed by atoms with Crippen molar-refractivity contribution >= 4 is 5.97 Å². The van der Waals surface area contributed by atoms with Crippen molar-refractivity contribution in [2.24, 2.45) is 0 Å². The first-order valence-electron chi connectivity index (χ1n) is 4.11. The molecule has 0 unspecified atom stereocenters. The van der Waals surface area contributed by atoms with Crippen LogP contribution >= 0.6 is 0 Å². The third kappa shape index (κ3) is 1.31. The molecule has 3 nitrogen and oxygen atoms in total. The monoisotopic (exact) mass is 140 g/mol. The summed E-state index contributed by atoms with van der Waals surface area (Å²) in [6.07, 6.45) is 1.17. The lowest BCUT2D eigenvalue weighted by atomic mass is 10.2. The predicted octanol–water partition coefficient (Wildman–Crippen LogP) is 1.09. The van der Waals surface area contributed by atoms with Crippen LogP contribution in [0.3, 0.4) is 0 Å². The first kappa shape index (κ1) is 3.71. The van der Waals surface area contributed by atoms with Gasteiger partial charge in [0.25, 0.3) is 0 Å². The number of aromatic carboxylic acids is 1. The van der Waals surface area contributed by atoms with Crippen molar-refractivity contribution in [2.45, 2.75) is 6.85 Å². The third-order valence-electron chi connectivity index (χ3n) is 1.01. The van der Waals surface area contributed by atoms with E-state index in [2.05, 4.69) is 4.98 Å². The summed E-state index contributed by atoms with van der Waals surface area (Å²) >= 11 is 0. The molecule has 0 spiro atoms. The highest BCUT2D eigenvalue weighted by Crippen LogP contribution is 1.99. The Kier molecular flexibility index (Phi) is 0.917. The number of hydrogen-bond donors (Lipinski definition) is 1. The summed E-state index contributed by atoms with van der Waals surface area (Å²) in [5.74, 6) is -1.16. The predicted molar refractivity (Wildman–Crippen MR) is 35.9 cm³/mol. The van der Waals surface area contributed by atoms with Gasteiger partial charge in [-0.3, -0.25) is 4.98 Å². The summed E-state index contributed by atoms with van der Waals surface area (Å²) in [5, 5.41) is 8.56. The first-order chi connectivity index (χ1) is 5.91. The SMILES string of the molecule is [2H]C([2H])([2H])c1cc(C(=O)O)ccn1. The second kappa shape index (κ2) is 2.47. The van der Waals surface area contributed by atoms with Crippen molar-refractivity contribution in [1.29, 1.82) is 0 Å². The van der Waals surface area contributed by atoms with E-state index in [-0.39, 0.29) is 11.3 Å². The van der Waals surface area contributed by atoms with Crippen molar-refractivity contribution in [3.63, 3.8) is 0 Å². The molecule has 1 N–H and O–H groups in total. The Labute approximate surface area is 62.6 Å². The molecule has 0 aliphatic heterocycles. The zero-order valence-corrected chi connectivity index (χ0v) is 5.03. The largest absolute Gasteiger partial charge is 0.478 e. The summed E-state index contributed by atoms with van der Waals surface area (Å²) in [4.78, 5) is 14.0. The second-order valence-corrected chi connectivity index (χ2v) is 1.73. The van der Waals surface area contributed by atoms with Crippen LogP contribution in [0, 0.1) is 6.85 Å². The van der Waals surface area contributed by atoms with Crippen LogP contribution in [0.4, 0.5) is 0 Å². The quantitative estimate of drug-likeness (QED) is 0.635. The smallest absolute Gasteiger partial charge is 0.335 e. The molecule has 0 aromatic carbocycles. The van der Waals surface area contributed by atoms with Gasteiger partial charge in [-0.25, -0.2) is 4.79 Å². The third-order valence-corrected chi connectivity index (χ3v) is 1.01. The van der Waals surface area contributed by atoms with E-state index in [9.17, 15) is 4.79 Å². The molecule has 0 saturated carbocycles. The van der Waals surface area contributed by atoms with Crippen LogP contribution < -0.4 is 0 Å². The van der Waals surface area contributed by atoms with Crippen LogP contribution in [-0.4, -0.2) is 16.1 Å². The Bertz CT molecular complexity index is 335. The van der Waals surface area contributed by atoms with Crippen LogP contribution in [0.25, 0.3) is 0 Å². The van der Waals surface area contributed by atoms with Crippen molar-refractivity contribution in [3.05, 3.63) is 29.6 Å². The van der Waals surface area contributed by atoms with Gasteiger partial charge in [-0.05, 0) is 19.0 Å². The number of aromatic nitrogens is 1. The molecule has 0 amide bonds. The molecule has 10 heavy (non-hydrogen) atoms. The lowest BCUT2D eigenvalue weighted by Crippen LogP contribution is -1.96. The minimum atomic E-state index is -2.36. The number of hydrogen-bond acceptors (Lipinski definition) is 2. The van der Waals surface area contributed by atoms with Crippen LogP contribution in [-0.2, 0) is 0 Å². The number of pyridine rings is 1. The molecule has 52 valence electrons. The fourth-order valence-corrected chi connectivity index (χ4v) is 0.564. The number of carboxylic acids is 1. The van der Waals surface area contributed by atoms with E-state index >= 15 is 0 Å². The lowest BCUT2D eigenvalue weighted by molar-refractivity contribution is 0.0696. The van der Waals surface area contributed by atoms with Gasteiger partial charge in [0.15, 0.2) is 0 Å². The van der Waals surface area contributed by atoms with Crippen LogP contribution in [0.5, 0.6) is 0 Å². The average Bonchev–Trinajstić information content (AvgIpc) is 2.03. The Hall–Kier alpha value is -1.38. The van der Waals surface area contributed by atoms with E-state index in [1.165, 1.54) is 12.3 Å². The van der Waals surface area contributed by atoms with Gasteiger partial charge in [0.1, 0.15) is 0 Å². The molecule has 0 radical (unpaired) electrons. The van der Waals surface area contributed by atoms with Gasteiger partial charge in [0, 0.05) is 16.0 Å². The molecule has 1 rings (SSSR count). The van der Waals surface area contributed by atoms with Crippen molar-refractivity contribution in [2.75, 3.05) is 0 Å². The van der Waals surface area contributed by atoms with Crippen LogP contribution in [0.15, 0.2) is 18.3 Å². The molecule has 0 saturated heterocycles. The van der Waals surface area contributed by atoms with Crippen molar-refractivity contribution in [3.8, 4) is 0 Å². The maximum absolute atomic E-state index is 10.5. The minimum absolute atomic E-state index is 0.0684. The highest BCUT2D eigenvalue weighted by atomic mass is 16.4. The van der Waals surface area contributed by atoms with Gasteiger partial charge in [-0.1, -0.05) is 0 Å². The zero-order chi connectivity index (χ0) is 10.1. The van der Waals surface area contributed by atoms with Gasteiger partial charge in [0.2, 0.25) is 0 Å². The molecule has 0 atom stereocenters. The molecule has 3 heteroatoms. The van der Waals surface area contributed by atoms with Gasteiger partial charge in [-0.15, -0.1) is 0 Å². The average molecular weight is 140 g/mol. The molecule has 0 bridgehead atoms. The van der Waals surface area contributed by atoms with Gasteiger partial charge in [-0.2, -0.15) is 0 Å². The van der Waals surface area contributed by atoms with E-state index in [1.54, 1.807) is 0 Å². The minimum Gasteiger partial charge on any atom is -0.478 e. The molecular formula is C7H7NO2. The zero-order valence-electron chi connectivity index (χ0n) is 8.03. The van der Waals surface area contributed by atoms with Crippen molar-refractivity contribution in [1.82, 2.24) is 4.98 Å². The van der Waals surface area contributed by atoms with E-state index in [4.69, 9.17) is 9.22 Å². The summed E-state index contributed by atoms with van der Waals surface area (Å²) in [6, 6.07) is 2.30. The normalized spacial score (nSPS) is 15.0. The van der Waals surface area contributed by atoms with E-state index < -0.39 is 12.8 Å². The topological polar surface area (TPSA) is 50.2 Å². The first-order valence-corrected chi connectivity index (χ1v) is 2.61. The summed E-state index contributed by atoms with van der Waals surface area (Å²) in [7, 11) is 0. The Balaban J connectivity index is 3.13. The molecule has 0 aliphatic rings. The van der Waals surface area contributed by atoms with E-state index in [1.807, 2.05) is 0 Å². The van der Waals surface area contributed by atoms with Gasteiger partial charge in [0.05, 0.1) is 5.56 Å². The molecule has 0 fully saturated rings. The van der Waals surface area contributed by atoms with Gasteiger partial charge < -0.3 is 5.11 Å². The van der Waals surface area contributed by atoms with E-state index in [0.717, 1.165) is 6.07 Å². The Morgan fingerprint density at radius 2 is 2.70 bits per heavy atom. The number of carbonyl (C=O) groups is 1. The van der Waals surface area contributed by atoms with Crippen LogP contribution in [0.1, 0.15) is 20.2 Å².